The number of hydrogen-bond donors (Lipinski definition) is 0. The van der Waals surface area contributed by atoms with Crippen LogP contribution in [-0.2, 0) is 9.53 Å². The topological polar surface area (TPSA) is 26.3 Å². The first-order valence-electron chi connectivity index (χ1n) is 10.3. The molecule has 0 aromatic heterocycles. The lowest BCUT2D eigenvalue weighted by molar-refractivity contribution is -0.175. The minimum Gasteiger partial charge on any atom is -0.459 e. The molecule has 25 heavy (non-hydrogen) atoms. The Morgan fingerprint density at radius 3 is 2.08 bits per heavy atom. The van der Waals surface area contributed by atoms with E-state index in [2.05, 4.69) is 13.8 Å². The molecule has 4 rings (SSSR count). The number of carbonyl (C=O) groups excluding carboxylic acids is 1. The molecule has 5 unspecified atom stereocenters. The number of fused-ring (bicyclic) bond motifs is 2. The second-order valence-electron chi connectivity index (χ2n) is 9.25. The maximum absolute atomic E-state index is 13.1. The zero-order valence-corrected chi connectivity index (χ0v) is 15.1. The van der Waals surface area contributed by atoms with Crippen LogP contribution in [0.2, 0.25) is 0 Å². The van der Waals surface area contributed by atoms with Crippen LogP contribution in [0.4, 0.5) is 0 Å². The van der Waals surface area contributed by atoms with Gasteiger partial charge in [0.05, 0.1) is 5.92 Å². The van der Waals surface area contributed by atoms with Crippen LogP contribution in [0.5, 0.6) is 0 Å². The van der Waals surface area contributed by atoms with E-state index in [-0.39, 0.29) is 32.3 Å². The smallest absolute Gasteiger partial charge is 0.309 e. The van der Waals surface area contributed by atoms with Crippen molar-refractivity contribution in [2.45, 2.75) is 105 Å². The molecule has 4 saturated carbocycles. The van der Waals surface area contributed by atoms with E-state index in [0.717, 1.165) is 31.1 Å². The van der Waals surface area contributed by atoms with E-state index >= 15 is 0 Å². The Bertz CT molecular complexity index is 443. The second-order valence-corrected chi connectivity index (χ2v) is 9.25. The van der Waals surface area contributed by atoms with Gasteiger partial charge in [0.1, 0.15) is 5.60 Å². The zero-order valence-electron chi connectivity index (χ0n) is 15.1. The molecular weight excluding hydrogens is 308 g/mol. The Kier molecular flexibility index (Phi) is 6.65. The molecule has 2 heteroatoms. The highest BCUT2D eigenvalue weighted by Gasteiger charge is 2.53. The average Bonchev–Trinajstić information content (AvgIpc) is 3.27. The first-order valence-corrected chi connectivity index (χ1v) is 10.3. The fourth-order valence-electron chi connectivity index (χ4n) is 6.68. The molecule has 146 valence electrons. The molecule has 0 aliphatic heterocycles. The minimum absolute atomic E-state index is 0. The van der Waals surface area contributed by atoms with Gasteiger partial charge in [0.25, 0.3) is 0 Å². The van der Waals surface area contributed by atoms with Crippen molar-refractivity contribution in [2.75, 3.05) is 0 Å². The molecule has 2 nitrogen and oxygen atoms in total. The number of rotatable bonds is 3. The fraction of sp³-hybridized carbons (Fsp3) is 0.957. The lowest BCUT2D eigenvalue weighted by atomic mass is 9.74. The Balaban J connectivity index is 0.00000113. The summed E-state index contributed by atoms with van der Waals surface area (Å²) >= 11 is 0. The van der Waals surface area contributed by atoms with E-state index in [1.54, 1.807) is 0 Å². The van der Waals surface area contributed by atoms with Crippen LogP contribution < -0.4 is 0 Å². The lowest BCUT2D eigenvalue weighted by Crippen LogP contribution is -2.44. The summed E-state index contributed by atoms with van der Waals surface area (Å²) in [4.78, 5) is 13.1. The molecule has 5 atom stereocenters. The van der Waals surface area contributed by atoms with E-state index < -0.39 is 0 Å². The first kappa shape index (κ1) is 20.8. The molecule has 0 spiro atoms. The predicted octanol–water partition coefficient (Wildman–Crippen LogP) is 6.62. The van der Waals surface area contributed by atoms with Crippen LogP contribution in [0.3, 0.4) is 0 Å². The summed E-state index contributed by atoms with van der Waals surface area (Å²) in [6, 6.07) is 0. The standard InChI is InChI=1S/C21H34O2.2CH4/c1-14-15(2)18-12-16(14)13-19(18)20(22)23-21(10-6-7-11-21)17-8-4-3-5-9-17;;/h14-19H,3-13H2,1-2H3;2*1H4. The Labute approximate surface area is 156 Å². The van der Waals surface area contributed by atoms with Crippen LogP contribution in [0.1, 0.15) is 99.3 Å². The van der Waals surface area contributed by atoms with Gasteiger partial charge in [-0.05, 0) is 81.0 Å². The molecule has 0 amide bonds. The zero-order chi connectivity index (χ0) is 16.0. The van der Waals surface area contributed by atoms with Crippen LogP contribution in [-0.4, -0.2) is 11.6 Å². The predicted molar refractivity (Wildman–Crippen MR) is 105 cm³/mol. The van der Waals surface area contributed by atoms with Gasteiger partial charge in [-0.1, -0.05) is 48.0 Å². The fourth-order valence-corrected chi connectivity index (χ4v) is 6.68. The lowest BCUT2D eigenvalue weighted by Gasteiger charge is -2.41. The number of carbonyl (C=O) groups is 1. The van der Waals surface area contributed by atoms with Crippen LogP contribution >= 0.6 is 0 Å². The third-order valence-electron chi connectivity index (χ3n) is 8.30. The minimum atomic E-state index is -0.0752. The van der Waals surface area contributed by atoms with Crippen molar-refractivity contribution in [1.29, 1.82) is 0 Å². The van der Waals surface area contributed by atoms with Crippen LogP contribution in [0.25, 0.3) is 0 Å². The van der Waals surface area contributed by atoms with Crippen molar-refractivity contribution in [1.82, 2.24) is 0 Å². The number of hydrogen-bond acceptors (Lipinski definition) is 2. The van der Waals surface area contributed by atoms with Crippen LogP contribution in [0.15, 0.2) is 0 Å². The summed E-state index contributed by atoms with van der Waals surface area (Å²) in [5.74, 6) is 3.95. The van der Waals surface area contributed by atoms with E-state index in [1.807, 2.05) is 0 Å². The van der Waals surface area contributed by atoms with Gasteiger partial charge in [0.2, 0.25) is 0 Å². The van der Waals surface area contributed by atoms with Crippen molar-refractivity contribution >= 4 is 5.97 Å². The van der Waals surface area contributed by atoms with Crippen molar-refractivity contribution in [3.63, 3.8) is 0 Å². The molecule has 0 N–H and O–H groups in total. The summed E-state index contributed by atoms with van der Waals surface area (Å²) in [6.45, 7) is 4.75. The van der Waals surface area contributed by atoms with Crippen molar-refractivity contribution in [3.8, 4) is 0 Å². The first-order chi connectivity index (χ1) is 11.1. The highest BCUT2D eigenvalue weighted by Crippen LogP contribution is 2.56. The Morgan fingerprint density at radius 2 is 1.52 bits per heavy atom. The van der Waals surface area contributed by atoms with Gasteiger partial charge in [0, 0.05) is 0 Å². The van der Waals surface area contributed by atoms with E-state index in [1.165, 1.54) is 51.4 Å². The van der Waals surface area contributed by atoms with Gasteiger partial charge in [-0.2, -0.15) is 0 Å². The SMILES string of the molecule is C.C.CC1C2CC(C(=O)OC3(C4CCCCC4)CCCC3)C(C2)C1C. The van der Waals surface area contributed by atoms with Gasteiger partial charge in [-0.25, -0.2) is 0 Å². The number of esters is 1. The summed E-state index contributed by atoms with van der Waals surface area (Å²) in [7, 11) is 0. The number of ether oxygens (including phenoxy) is 1. The molecular formula is C23H42O2. The third kappa shape index (κ3) is 3.52. The Morgan fingerprint density at radius 1 is 0.880 bits per heavy atom. The van der Waals surface area contributed by atoms with Crippen molar-refractivity contribution < 1.29 is 9.53 Å². The van der Waals surface area contributed by atoms with Gasteiger partial charge in [0.15, 0.2) is 0 Å². The molecule has 0 heterocycles. The molecule has 0 aromatic carbocycles. The van der Waals surface area contributed by atoms with Crippen molar-refractivity contribution in [3.05, 3.63) is 0 Å². The highest BCUT2D eigenvalue weighted by atomic mass is 16.6. The average molecular weight is 351 g/mol. The summed E-state index contributed by atoms with van der Waals surface area (Å²) in [5.41, 5.74) is -0.0752. The summed E-state index contributed by atoms with van der Waals surface area (Å²) in [5, 5.41) is 0. The molecule has 0 aromatic rings. The van der Waals surface area contributed by atoms with Crippen LogP contribution in [0, 0.1) is 35.5 Å². The van der Waals surface area contributed by atoms with E-state index in [4.69, 9.17) is 4.74 Å². The maximum atomic E-state index is 13.1. The molecule has 0 radical (unpaired) electrons. The summed E-state index contributed by atoms with van der Waals surface area (Å²) in [6.07, 6.45) is 13.8. The normalized spacial score (nSPS) is 39.5. The van der Waals surface area contributed by atoms with Crippen molar-refractivity contribution in [2.24, 2.45) is 35.5 Å². The monoisotopic (exact) mass is 350 g/mol. The molecule has 2 bridgehead atoms. The molecule has 0 saturated heterocycles. The van der Waals surface area contributed by atoms with E-state index in [9.17, 15) is 4.79 Å². The van der Waals surface area contributed by atoms with Gasteiger partial charge in [-0.15, -0.1) is 0 Å². The highest BCUT2D eigenvalue weighted by molar-refractivity contribution is 5.74. The third-order valence-corrected chi connectivity index (χ3v) is 8.30. The van der Waals surface area contributed by atoms with Gasteiger partial charge in [-0.3, -0.25) is 4.79 Å². The maximum Gasteiger partial charge on any atom is 0.309 e. The molecule has 4 aliphatic carbocycles. The van der Waals surface area contributed by atoms with Gasteiger partial charge >= 0.3 is 5.97 Å². The van der Waals surface area contributed by atoms with Gasteiger partial charge < -0.3 is 4.74 Å². The second kappa shape index (κ2) is 8.01. The molecule has 4 aliphatic rings. The quantitative estimate of drug-likeness (QED) is 0.534. The Hall–Kier alpha value is -0.530. The summed E-state index contributed by atoms with van der Waals surface area (Å²) < 4.78 is 6.42. The largest absolute Gasteiger partial charge is 0.459 e. The van der Waals surface area contributed by atoms with E-state index in [0.29, 0.717) is 17.8 Å². The molecule has 4 fully saturated rings.